The number of H-pyrrole nitrogens is 1. The van der Waals surface area contributed by atoms with Crippen molar-refractivity contribution in [3.63, 3.8) is 0 Å². The topological polar surface area (TPSA) is 63.9 Å². The van der Waals surface area contributed by atoms with Gasteiger partial charge in [-0.2, -0.15) is 5.10 Å². The molecule has 0 aliphatic heterocycles. The van der Waals surface area contributed by atoms with Gasteiger partial charge in [0.25, 0.3) is 0 Å². The van der Waals surface area contributed by atoms with E-state index >= 15 is 0 Å². The molecule has 0 saturated heterocycles. The molecule has 0 aliphatic carbocycles. The number of nitrogens with one attached hydrogen (secondary N) is 1. The molecule has 0 atom stereocenters. The van der Waals surface area contributed by atoms with Crippen LogP contribution >= 0.6 is 0 Å². The maximum absolute atomic E-state index is 6.00. The first-order chi connectivity index (χ1) is 8.06. The maximum Gasteiger partial charge on any atom is 0.122 e. The van der Waals surface area contributed by atoms with Crippen molar-refractivity contribution in [2.75, 3.05) is 12.8 Å². The molecule has 4 heteroatoms. The lowest BCUT2D eigenvalue weighted by Crippen LogP contribution is -1.95. The van der Waals surface area contributed by atoms with Gasteiger partial charge in [-0.25, -0.2) is 0 Å². The van der Waals surface area contributed by atoms with E-state index < -0.39 is 0 Å². The van der Waals surface area contributed by atoms with Crippen LogP contribution in [0, 0.1) is 20.8 Å². The van der Waals surface area contributed by atoms with E-state index in [9.17, 15) is 0 Å². The van der Waals surface area contributed by atoms with Crippen molar-refractivity contribution in [2.45, 2.75) is 20.8 Å². The fraction of sp³-hybridized carbons (Fsp3) is 0.308. The Morgan fingerprint density at radius 3 is 2.41 bits per heavy atom. The van der Waals surface area contributed by atoms with Crippen LogP contribution in [-0.2, 0) is 0 Å². The number of aryl methyl sites for hydroxylation is 1. The van der Waals surface area contributed by atoms with Crippen LogP contribution in [0.3, 0.4) is 0 Å². The highest BCUT2D eigenvalue weighted by Crippen LogP contribution is 2.33. The van der Waals surface area contributed by atoms with Crippen molar-refractivity contribution in [1.82, 2.24) is 10.2 Å². The van der Waals surface area contributed by atoms with Gasteiger partial charge in [-0.1, -0.05) is 0 Å². The third-order valence-corrected chi connectivity index (χ3v) is 3.21. The summed E-state index contributed by atoms with van der Waals surface area (Å²) in [6.07, 6.45) is 0. The number of hydrogen-bond donors (Lipinski definition) is 2. The van der Waals surface area contributed by atoms with Crippen molar-refractivity contribution < 1.29 is 4.74 Å². The van der Waals surface area contributed by atoms with E-state index in [1.165, 1.54) is 0 Å². The minimum atomic E-state index is 0.706. The largest absolute Gasteiger partial charge is 0.496 e. The van der Waals surface area contributed by atoms with Crippen molar-refractivity contribution in [2.24, 2.45) is 0 Å². The quantitative estimate of drug-likeness (QED) is 0.835. The first-order valence-corrected chi connectivity index (χ1v) is 5.51. The Bertz CT molecular complexity index is 558. The van der Waals surface area contributed by atoms with Crippen molar-refractivity contribution in [1.29, 1.82) is 0 Å². The Morgan fingerprint density at radius 2 is 1.88 bits per heavy atom. The van der Waals surface area contributed by atoms with Crippen LogP contribution in [0.4, 0.5) is 5.69 Å². The zero-order chi connectivity index (χ0) is 12.6. The summed E-state index contributed by atoms with van der Waals surface area (Å²) in [5, 5.41) is 7.16. The lowest BCUT2D eigenvalue weighted by Gasteiger charge is -2.11. The number of benzene rings is 1. The van der Waals surface area contributed by atoms with Crippen molar-refractivity contribution in [3.8, 4) is 17.0 Å². The molecule has 2 aromatic rings. The van der Waals surface area contributed by atoms with E-state index in [4.69, 9.17) is 10.5 Å². The highest BCUT2D eigenvalue weighted by molar-refractivity contribution is 5.77. The molecule has 2 rings (SSSR count). The summed E-state index contributed by atoms with van der Waals surface area (Å²) < 4.78 is 5.29. The van der Waals surface area contributed by atoms with Crippen LogP contribution < -0.4 is 10.5 Å². The second-order valence-corrected chi connectivity index (χ2v) is 4.18. The smallest absolute Gasteiger partial charge is 0.122 e. The van der Waals surface area contributed by atoms with Gasteiger partial charge in [0, 0.05) is 5.56 Å². The fourth-order valence-electron chi connectivity index (χ4n) is 1.92. The van der Waals surface area contributed by atoms with Gasteiger partial charge in [-0.15, -0.1) is 0 Å². The van der Waals surface area contributed by atoms with Crippen LogP contribution in [0.1, 0.15) is 16.8 Å². The molecule has 1 aromatic carbocycles. The van der Waals surface area contributed by atoms with Gasteiger partial charge in [0.2, 0.25) is 0 Å². The number of nitrogens with zero attached hydrogens (tertiary/aromatic N) is 1. The minimum absolute atomic E-state index is 0.706. The molecule has 0 radical (unpaired) electrons. The van der Waals surface area contributed by atoms with Gasteiger partial charge in [-0.05, 0) is 44.0 Å². The number of aromatic nitrogens is 2. The molecular formula is C13H17N3O. The molecule has 4 nitrogen and oxygen atoms in total. The maximum atomic E-state index is 6.00. The number of nitrogens with two attached hydrogens (primary N) is 1. The highest BCUT2D eigenvalue weighted by atomic mass is 16.5. The third kappa shape index (κ3) is 1.75. The summed E-state index contributed by atoms with van der Waals surface area (Å²) in [6, 6.07) is 3.94. The Labute approximate surface area is 101 Å². The van der Waals surface area contributed by atoms with Crippen LogP contribution in [0.25, 0.3) is 11.3 Å². The van der Waals surface area contributed by atoms with Gasteiger partial charge in [-0.3, -0.25) is 5.10 Å². The zero-order valence-electron chi connectivity index (χ0n) is 10.6. The molecule has 0 saturated carbocycles. The van der Waals surface area contributed by atoms with Crippen molar-refractivity contribution >= 4 is 5.69 Å². The van der Waals surface area contributed by atoms with E-state index in [0.29, 0.717) is 5.69 Å². The second-order valence-electron chi connectivity index (χ2n) is 4.18. The Balaban J connectivity index is 2.61. The Morgan fingerprint density at radius 1 is 1.18 bits per heavy atom. The summed E-state index contributed by atoms with van der Waals surface area (Å²) in [5.74, 6) is 0.886. The van der Waals surface area contributed by atoms with Gasteiger partial charge in [0.05, 0.1) is 18.5 Å². The normalized spacial score (nSPS) is 10.6. The van der Waals surface area contributed by atoms with Crippen LogP contribution in [0.15, 0.2) is 12.1 Å². The van der Waals surface area contributed by atoms with Crippen LogP contribution in [0.5, 0.6) is 5.75 Å². The number of ether oxygens (including phenoxy) is 1. The zero-order valence-corrected chi connectivity index (χ0v) is 10.6. The summed E-state index contributed by atoms with van der Waals surface area (Å²) in [6.45, 7) is 6.00. The Hall–Kier alpha value is -1.97. The number of aromatic amines is 1. The van der Waals surface area contributed by atoms with E-state index in [1.54, 1.807) is 7.11 Å². The summed E-state index contributed by atoms with van der Waals surface area (Å²) in [7, 11) is 1.68. The highest BCUT2D eigenvalue weighted by Gasteiger charge is 2.14. The number of hydrogen-bond acceptors (Lipinski definition) is 3. The predicted octanol–water partition coefficient (Wildman–Crippen LogP) is 2.59. The first kappa shape index (κ1) is 11.5. The second kappa shape index (κ2) is 4.13. The molecule has 1 heterocycles. The standard InChI is InChI=1S/C13H17N3O/c1-7-8(2)11(17-4)6-5-10(7)13-12(14)9(3)15-16-13/h5-6H,14H2,1-4H3,(H,15,16). The van der Waals surface area contributed by atoms with Gasteiger partial charge >= 0.3 is 0 Å². The molecule has 0 bridgehead atoms. The van der Waals surface area contributed by atoms with Crippen LogP contribution in [-0.4, -0.2) is 17.3 Å². The summed E-state index contributed by atoms with van der Waals surface area (Å²) >= 11 is 0. The first-order valence-electron chi connectivity index (χ1n) is 5.51. The van der Waals surface area contributed by atoms with E-state index in [1.807, 2.05) is 26.0 Å². The molecule has 3 N–H and O–H groups in total. The summed E-state index contributed by atoms with van der Waals surface area (Å²) in [4.78, 5) is 0. The molecule has 0 unspecified atom stereocenters. The molecule has 0 aliphatic rings. The van der Waals surface area contributed by atoms with E-state index in [2.05, 4.69) is 17.1 Å². The third-order valence-electron chi connectivity index (χ3n) is 3.21. The van der Waals surface area contributed by atoms with E-state index in [-0.39, 0.29) is 0 Å². The molecule has 0 fully saturated rings. The Kier molecular flexibility index (Phi) is 2.79. The van der Waals surface area contributed by atoms with E-state index in [0.717, 1.165) is 33.8 Å². The number of rotatable bonds is 2. The summed E-state index contributed by atoms with van der Waals surface area (Å²) in [5.41, 5.74) is 11.7. The minimum Gasteiger partial charge on any atom is -0.496 e. The number of methoxy groups -OCH3 is 1. The van der Waals surface area contributed by atoms with Gasteiger partial charge < -0.3 is 10.5 Å². The molecule has 90 valence electrons. The van der Waals surface area contributed by atoms with Crippen molar-refractivity contribution in [3.05, 3.63) is 29.0 Å². The number of anilines is 1. The monoisotopic (exact) mass is 231 g/mol. The molecule has 1 aromatic heterocycles. The predicted molar refractivity (Wildman–Crippen MR) is 69.2 cm³/mol. The number of nitrogen functional groups attached to an aromatic ring is 1. The average Bonchev–Trinajstić information content (AvgIpc) is 2.64. The lowest BCUT2D eigenvalue weighted by molar-refractivity contribution is 0.411. The van der Waals surface area contributed by atoms with Gasteiger partial charge in [0.15, 0.2) is 0 Å². The average molecular weight is 231 g/mol. The van der Waals surface area contributed by atoms with Gasteiger partial charge in [0.1, 0.15) is 11.4 Å². The SMILES string of the molecule is COc1ccc(-c2n[nH]c(C)c2N)c(C)c1C. The molecule has 0 amide bonds. The molecule has 0 spiro atoms. The van der Waals surface area contributed by atoms with Crippen LogP contribution in [0.2, 0.25) is 0 Å². The fourth-order valence-corrected chi connectivity index (χ4v) is 1.92. The lowest BCUT2D eigenvalue weighted by atomic mass is 9.99. The molecular weight excluding hydrogens is 214 g/mol. The molecule has 17 heavy (non-hydrogen) atoms.